The average molecular weight is 272 g/mol. The van der Waals surface area contributed by atoms with Gasteiger partial charge in [0.1, 0.15) is 0 Å². The van der Waals surface area contributed by atoms with Gasteiger partial charge in [-0.2, -0.15) is 0 Å². The highest BCUT2D eigenvalue weighted by molar-refractivity contribution is 6.30. The van der Waals surface area contributed by atoms with Crippen molar-refractivity contribution >= 4 is 29.1 Å². The molecule has 0 radical (unpaired) electrons. The molecule has 2 rings (SSSR count). The van der Waals surface area contributed by atoms with E-state index >= 15 is 0 Å². The van der Waals surface area contributed by atoms with Crippen molar-refractivity contribution in [1.82, 2.24) is 5.32 Å². The third kappa shape index (κ3) is 4.21. The molecule has 0 bridgehead atoms. The van der Waals surface area contributed by atoms with Crippen LogP contribution < -0.4 is 5.32 Å². The fourth-order valence-corrected chi connectivity index (χ4v) is 2.27. The van der Waals surface area contributed by atoms with Crippen molar-refractivity contribution in [3.05, 3.63) is 34.9 Å². The molecule has 1 fully saturated rings. The van der Waals surface area contributed by atoms with Gasteiger partial charge in [-0.3, -0.25) is 4.79 Å². The minimum Gasteiger partial charge on any atom is -0.354 e. The highest BCUT2D eigenvalue weighted by atomic mass is 35.5. The molecule has 2 nitrogen and oxygen atoms in total. The van der Waals surface area contributed by atoms with Gasteiger partial charge in [-0.25, -0.2) is 0 Å². The maximum atomic E-state index is 11.7. The summed E-state index contributed by atoms with van der Waals surface area (Å²) >= 11 is 12.0. The maximum absolute atomic E-state index is 11.7. The predicted molar refractivity (Wildman–Crippen MR) is 70.5 cm³/mol. The zero-order chi connectivity index (χ0) is 12.3. The quantitative estimate of drug-likeness (QED) is 0.820. The first-order chi connectivity index (χ1) is 8.15. The second-order valence-corrected chi connectivity index (χ2v) is 5.46. The SMILES string of the molecule is O=C(Cc1cccc(Cl)c1)NCC(Cl)C1CC1. The van der Waals surface area contributed by atoms with Gasteiger partial charge in [0, 0.05) is 11.6 Å². The first kappa shape index (κ1) is 12.7. The molecule has 17 heavy (non-hydrogen) atoms. The number of carbonyl (C=O) groups excluding carboxylic acids is 1. The number of nitrogens with one attached hydrogen (secondary N) is 1. The standard InChI is InChI=1S/C13H15Cl2NO/c14-11-3-1-2-9(6-11)7-13(17)16-8-12(15)10-4-5-10/h1-3,6,10,12H,4-5,7-8H2,(H,16,17). The Morgan fingerprint density at radius 2 is 2.24 bits per heavy atom. The van der Waals surface area contributed by atoms with Gasteiger partial charge in [0.15, 0.2) is 0 Å². The van der Waals surface area contributed by atoms with Crippen LogP contribution in [0, 0.1) is 5.92 Å². The molecule has 4 heteroatoms. The van der Waals surface area contributed by atoms with E-state index in [-0.39, 0.29) is 11.3 Å². The highest BCUT2D eigenvalue weighted by Crippen LogP contribution is 2.35. The molecule has 1 unspecified atom stereocenters. The molecule has 1 atom stereocenters. The second kappa shape index (κ2) is 5.74. The summed E-state index contributed by atoms with van der Waals surface area (Å²) in [6, 6.07) is 7.34. The van der Waals surface area contributed by atoms with Crippen molar-refractivity contribution in [3.8, 4) is 0 Å². The van der Waals surface area contributed by atoms with E-state index in [1.165, 1.54) is 12.8 Å². The Morgan fingerprint density at radius 1 is 1.47 bits per heavy atom. The van der Waals surface area contributed by atoms with Crippen LogP contribution in [0.4, 0.5) is 0 Å². The average Bonchev–Trinajstić information content (AvgIpc) is 3.09. The van der Waals surface area contributed by atoms with E-state index in [4.69, 9.17) is 23.2 Å². The van der Waals surface area contributed by atoms with Gasteiger partial charge in [-0.15, -0.1) is 11.6 Å². The van der Waals surface area contributed by atoms with Crippen molar-refractivity contribution in [2.75, 3.05) is 6.54 Å². The van der Waals surface area contributed by atoms with Crippen LogP contribution in [-0.2, 0) is 11.2 Å². The molecule has 92 valence electrons. The lowest BCUT2D eigenvalue weighted by molar-refractivity contribution is -0.120. The first-order valence-corrected chi connectivity index (χ1v) is 6.62. The van der Waals surface area contributed by atoms with Gasteiger partial charge in [-0.05, 0) is 36.5 Å². The molecular weight excluding hydrogens is 257 g/mol. The van der Waals surface area contributed by atoms with Gasteiger partial charge in [0.05, 0.1) is 11.8 Å². The first-order valence-electron chi connectivity index (χ1n) is 5.80. The van der Waals surface area contributed by atoms with E-state index in [0.29, 0.717) is 23.9 Å². The molecule has 1 aliphatic carbocycles. The summed E-state index contributed by atoms with van der Waals surface area (Å²) in [5, 5.41) is 3.60. The Balaban J connectivity index is 1.76. The summed E-state index contributed by atoms with van der Waals surface area (Å²) in [5.41, 5.74) is 0.924. The molecule has 0 saturated heterocycles. The van der Waals surface area contributed by atoms with Crippen LogP contribution in [0.25, 0.3) is 0 Å². The summed E-state index contributed by atoms with van der Waals surface area (Å²) in [6.07, 6.45) is 2.74. The van der Waals surface area contributed by atoms with E-state index < -0.39 is 0 Å². The van der Waals surface area contributed by atoms with Gasteiger partial charge in [0.25, 0.3) is 0 Å². The van der Waals surface area contributed by atoms with Crippen LogP contribution in [0.1, 0.15) is 18.4 Å². The number of alkyl halides is 1. The number of hydrogen-bond donors (Lipinski definition) is 1. The van der Waals surface area contributed by atoms with E-state index in [2.05, 4.69) is 5.32 Å². The Hall–Kier alpha value is -0.730. The number of hydrogen-bond acceptors (Lipinski definition) is 1. The van der Waals surface area contributed by atoms with Crippen molar-refractivity contribution < 1.29 is 4.79 Å². The summed E-state index contributed by atoms with van der Waals surface area (Å²) in [7, 11) is 0. The van der Waals surface area contributed by atoms with E-state index in [1.807, 2.05) is 12.1 Å². The summed E-state index contributed by atoms with van der Waals surface area (Å²) in [5.74, 6) is 0.599. The number of amides is 1. The van der Waals surface area contributed by atoms with Crippen LogP contribution in [0.5, 0.6) is 0 Å². The molecular formula is C13H15Cl2NO. The Bertz CT molecular complexity index is 404. The van der Waals surface area contributed by atoms with Crippen LogP contribution in [0.3, 0.4) is 0 Å². The van der Waals surface area contributed by atoms with E-state index in [9.17, 15) is 4.79 Å². The zero-order valence-electron chi connectivity index (χ0n) is 9.46. The Kier molecular flexibility index (Phi) is 4.30. The summed E-state index contributed by atoms with van der Waals surface area (Å²) in [4.78, 5) is 11.7. The predicted octanol–water partition coefficient (Wildman–Crippen LogP) is 3.02. The molecule has 1 amide bonds. The molecule has 0 heterocycles. The lowest BCUT2D eigenvalue weighted by Gasteiger charge is -2.09. The fraction of sp³-hybridized carbons (Fsp3) is 0.462. The minimum absolute atomic E-state index is 0.00133. The monoisotopic (exact) mass is 271 g/mol. The van der Waals surface area contributed by atoms with Crippen LogP contribution in [0.15, 0.2) is 24.3 Å². The van der Waals surface area contributed by atoms with Crippen molar-refractivity contribution in [1.29, 1.82) is 0 Å². The van der Waals surface area contributed by atoms with Gasteiger partial charge in [0.2, 0.25) is 5.91 Å². The number of halogens is 2. The van der Waals surface area contributed by atoms with Gasteiger partial charge in [-0.1, -0.05) is 23.7 Å². The van der Waals surface area contributed by atoms with Crippen LogP contribution in [-0.4, -0.2) is 17.8 Å². The third-order valence-electron chi connectivity index (χ3n) is 2.88. The largest absolute Gasteiger partial charge is 0.354 e. The molecule has 1 saturated carbocycles. The van der Waals surface area contributed by atoms with Crippen molar-refractivity contribution in [2.45, 2.75) is 24.6 Å². The zero-order valence-corrected chi connectivity index (χ0v) is 11.0. The Labute approximate surface area is 111 Å². The molecule has 0 aromatic heterocycles. The summed E-state index contributed by atoms with van der Waals surface area (Å²) < 4.78 is 0. The van der Waals surface area contributed by atoms with Crippen molar-refractivity contribution in [2.24, 2.45) is 5.92 Å². The lowest BCUT2D eigenvalue weighted by Crippen LogP contribution is -2.31. The summed E-state index contributed by atoms with van der Waals surface area (Å²) in [6.45, 7) is 0.561. The van der Waals surface area contributed by atoms with Gasteiger partial charge < -0.3 is 5.32 Å². The second-order valence-electron chi connectivity index (χ2n) is 4.46. The molecule has 0 aliphatic heterocycles. The van der Waals surface area contributed by atoms with Gasteiger partial charge >= 0.3 is 0 Å². The van der Waals surface area contributed by atoms with Crippen molar-refractivity contribution in [3.63, 3.8) is 0 Å². The minimum atomic E-state index is -0.00133. The lowest BCUT2D eigenvalue weighted by atomic mass is 10.1. The highest BCUT2D eigenvalue weighted by Gasteiger charge is 2.29. The van der Waals surface area contributed by atoms with E-state index in [1.54, 1.807) is 12.1 Å². The number of carbonyl (C=O) groups is 1. The molecule has 1 N–H and O–H groups in total. The molecule has 1 aliphatic rings. The number of benzene rings is 1. The topological polar surface area (TPSA) is 29.1 Å². The third-order valence-corrected chi connectivity index (χ3v) is 3.63. The normalized spacial score (nSPS) is 16.6. The molecule has 1 aromatic carbocycles. The van der Waals surface area contributed by atoms with Crippen LogP contribution in [0.2, 0.25) is 5.02 Å². The molecule has 1 aromatic rings. The fourth-order valence-electron chi connectivity index (χ4n) is 1.73. The smallest absolute Gasteiger partial charge is 0.224 e. The van der Waals surface area contributed by atoms with E-state index in [0.717, 1.165) is 5.56 Å². The van der Waals surface area contributed by atoms with Crippen LogP contribution >= 0.6 is 23.2 Å². The number of rotatable bonds is 5. The molecule has 0 spiro atoms. The Morgan fingerprint density at radius 3 is 2.88 bits per heavy atom. The maximum Gasteiger partial charge on any atom is 0.224 e.